The number of anilines is 1. The lowest BCUT2D eigenvalue weighted by molar-refractivity contribution is 0.414. The van der Waals surface area contributed by atoms with E-state index in [9.17, 15) is 0 Å². The van der Waals surface area contributed by atoms with Gasteiger partial charge in [0.25, 0.3) is 0 Å². The summed E-state index contributed by atoms with van der Waals surface area (Å²) >= 11 is 6.13. The summed E-state index contributed by atoms with van der Waals surface area (Å²) in [5.41, 5.74) is 6.33. The van der Waals surface area contributed by atoms with Crippen molar-refractivity contribution < 1.29 is 4.74 Å². The zero-order valence-corrected chi connectivity index (χ0v) is 19.0. The van der Waals surface area contributed by atoms with Crippen molar-refractivity contribution in [1.29, 1.82) is 0 Å². The molecule has 0 N–H and O–H groups in total. The van der Waals surface area contributed by atoms with Gasteiger partial charge in [0.2, 0.25) is 0 Å². The normalized spacial score (nSPS) is 16.0. The van der Waals surface area contributed by atoms with Gasteiger partial charge in [0.05, 0.1) is 30.2 Å². The quantitative estimate of drug-likeness (QED) is 0.356. The van der Waals surface area contributed by atoms with Gasteiger partial charge >= 0.3 is 0 Å². The molecule has 0 radical (unpaired) electrons. The molecule has 1 atom stereocenters. The molecule has 0 saturated carbocycles. The Balaban J connectivity index is 1.63. The van der Waals surface area contributed by atoms with Crippen LogP contribution in [-0.2, 0) is 0 Å². The van der Waals surface area contributed by atoms with Crippen LogP contribution in [0.4, 0.5) is 11.5 Å². The van der Waals surface area contributed by atoms with Gasteiger partial charge in [-0.25, -0.2) is 9.67 Å². The number of nitrogens with zero attached hydrogens (tertiary/aromatic N) is 4. The second kappa shape index (κ2) is 7.64. The molecule has 162 valence electrons. The van der Waals surface area contributed by atoms with Gasteiger partial charge in [0, 0.05) is 10.6 Å². The molecular formula is C27H21ClN4O. The van der Waals surface area contributed by atoms with Crippen LogP contribution in [0.1, 0.15) is 28.4 Å². The van der Waals surface area contributed by atoms with Crippen LogP contribution in [0.3, 0.4) is 0 Å². The Kier molecular flexibility index (Phi) is 4.59. The van der Waals surface area contributed by atoms with Gasteiger partial charge in [-0.15, -0.1) is 0 Å². The zero-order chi connectivity index (χ0) is 22.5. The van der Waals surface area contributed by atoms with Gasteiger partial charge in [-0.3, -0.25) is 0 Å². The molecule has 0 bridgehead atoms. The second-order valence-electron chi connectivity index (χ2n) is 8.12. The molecule has 0 fully saturated rings. The largest absolute Gasteiger partial charge is 0.497 e. The number of hydrogen-bond acceptors (Lipinski definition) is 4. The fraction of sp³-hybridized carbons (Fsp3) is 0.111. The molecule has 5 nitrogen and oxygen atoms in total. The van der Waals surface area contributed by atoms with Crippen LogP contribution in [0, 0.1) is 6.92 Å². The first kappa shape index (κ1) is 19.8. The van der Waals surface area contributed by atoms with Crippen molar-refractivity contribution in [2.24, 2.45) is 4.99 Å². The predicted molar refractivity (Wildman–Crippen MR) is 133 cm³/mol. The number of aryl methyl sites for hydroxylation is 1. The van der Waals surface area contributed by atoms with E-state index in [-0.39, 0.29) is 6.04 Å². The van der Waals surface area contributed by atoms with Crippen molar-refractivity contribution in [3.05, 3.63) is 106 Å². The Bertz CT molecular complexity index is 1440. The summed E-state index contributed by atoms with van der Waals surface area (Å²) in [6.07, 6.45) is 4.20. The van der Waals surface area contributed by atoms with Crippen molar-refractivity contribution in [2.45, 2.75) is 13.0 Å². The maximum absolute atomic E-state index is 6.13. The van der Waals surface area contributed by atoms with Crippen LogP contribution in [0.5, 0.6) is 5.75 Å². The van der Waals surface area contributed by atoms with Crippen LogP contribution >= 0.6 is 11.6 Å². The highest BCUT2D eigenvalue weighted by atomic mass is 35.5. The average Bonchev–Trinajstić information content (AvgIpc) is 3.19. The fourth-order valence-electron chi connectivity index (χ4n) is 4.66. The Morgan fingerprint density at radius 2 is 1.76 bits per heavy atom. The van der Waals surface area contributed by atoms with E-state index in [1.54, 1.807) is 7.11 Å². The van der Waals surface area contributed by atoms with Crippen molar-refractivity contribution in [3.8, 4) is 11.4 Å². The van der Waals surface area contributed by atoms with E-state index in [1.165, 1.54) is 0 Å². The highest BCUT2D eigenvalue weighted by molar-refractivity contribution is 6.30. The summed E-state index contributed by atoms with van der Waals surface area (Å²) in [5.74, 6) is 2.53. The summed E-state index contributed by atoms with van der Waals surface area (Å²) in [5, 5.41) is 5.60. The highest BCUT2D eigenvalue weighted by Crippen LogP contribution is 2.47. The number of aromatic nitrogens is 2. The van der Waals surface area contributed by atoms with E-state index in [1.807, 2.05) is 48.0 Å². The Hall–Kier alpha value is -3.83. The van der Waals surface area contributed by atoms with Gasteiger partial charge in [-0.2, -0.15) is 5.10 Å². The van der Waals surface area contributed by atoms with E-state index in [0.29, 0.717) is 5.02 Å². The Labute approximate surface area is 197 Å². The Morgan fingerprint density at radius 3 is 2.58 bits per heavy atom. The number of fused-ring (bicyclic) bond motifs is 4. The maximum atomic E-state index is 6.13. The lowest BCUT2D eigenvalue weighted by atomic mass is 9.92. The monoisotopic (exact) mass is 452 g/mol. The lowest BCUT2D eigenvalue weighted by Crippen LogP contribution is -2.38. The van der Waals surface area contributed by atoms with Crippen molar-refractivity contribution >= 4 is 35.0 Å². The first-order chi connectivity index (χ1) is 16.1. The third-order valence-corrected chi connectivity index (χ3v) is 6.42. The number of methoxy groups -OCH3 is 1. The molecule has 0 unspecified atom stereocenters. The minimum atomic E-state index is -0.102. The molecule has 2 aliphatic heterocycles. The van der Waals surface area contributed by atoms with Crippen LogP contribution < -0.4 is 9.64 Å². The standard InChI is InChI=1S/C27H21ClN4O/c1-17-25-26(19-7-5-8-22(16-19)33-2)31-23-9-4-3-6-18(23)10-15-24(31)29-27(25)32(30-17)21-13-11-20(28)12-14-21/h3-16,26H,1-2H3/t26-/m0/s1. The van der Waals surface area contributed by atoms with E-state index >= 15 is 0 Å². The first-order valence-corrected chi connectivity index (χ1v) is 11.2. The SMILES string of the molecule is COc1cccc([C@H]2c3c(C)nn(-c4ccc(Cl)cc4)c3N=C3C=Cc4ccccc4N32)c1. The number of aliphatic imine (C=N–C) groups is 1. The molecule has 6 heteroatoms. The average molecular weight is 453 g/mol. The van der Waals surface area contributed by atoms with Crippen LogP contribution in [0.15, 0.2) is 83.9 Å². The molecule has 0 amide bonds. The van der Waals surface area contributed by atoms with E-state index in [4.69, 9.17) is 26.4 Å². The van der Waals surface area contributed by atoms with Crippen molar-refractivity contribution in [1.82, 2.24) is 9.78 Å². The van der Waals surface area contributed by atoms with Crippen molar-refractivity contribution in [3.63, 3.8) is 0 Å². The molecule has 3 aromatic carbocycles. The van der Waals surface area contributed by atoms with Gasteiger partial charge < -0.3 is 9.64 Å². The molecule has 4 aromatic rings. The van der Waals surface area contributed by atoms with Crippen molar-refractivity contribution in [2.75, 3.05) is 12.0 Å². The van der Waals surface area contributed by atoms with Crippen LogP contribution in [0.25, 0.3) is 11.8 Å². The van der Waals surface area contributed by atoms with Gasteiger partial charge in [-0.05, 0) is 72.7 Å². The number of ether oxygens (including phenoxy) is 1. The number of benzene rings is 3. The summed E-state index contributed by atoms with van der Waals surface area (Å²) < 4.78 is 7.47. The van der Waals surface area contributed by atoms with Crippen LogP contribution in [-0.4, -0.2) is 22.7 Å². The van der Waals surface area contributed by atoms with Crippen LogP contribution in [0.2, 0.25) is 5.02 Å². The number of amidine groups is 1. The third kappa shape index (κ3) is 3.16. The zero-order valence-electron chi connectivity index (χ0n) is 18.2. The smallest absolute Gasteiger partial charge is 0.163 e. The number of halogens is 1. The molecule has 2 aliphatic rings. The minimum Gasteiger partial charge on any atom is -0.497 e. The molecule has 0 saturated heterocycles. The van der Waals surface area contributed by atoms with E-state index in [0.717, 1.165) is 51.2 Å². The number of para-hydroxylation sites is 1. The second-order valence-corrected chi connectivity index (χ2v) is 8.56. The maximum Gasteiger partial charge on any atom is 0.163 e. The fourth-order valence-corrected chi connectivity index (χ4v) is 4.79. The lowest BCUT2D eigenvalue weighted by Gasteiger charge is -2.39. The molecule has 33 heavy (non-hydrogen) atoms. The summed E-state index contributed by atoms with van der Waals surface area (Å²) in [6, 6.07) is 24.2. The molecule has 1 aromatic heterocycles. The summed E-state index contributed by atoms with van der Waals surface area (Å²) in [6.45, 7) is 2.05. The van der Waals surface area contributed by atoms with Gasteiger partial charge in [-0.1, -0.05) is 41.9 Å². The van der Waals surface area contributed by atoms with E-state index in [2.05, 4.69) is 53.5 Å². The number of hydrogen-bond donors (Lipinski definition) is 0. The topological polar surface area (TPSA) is 42.6 Å². The number of rotatable bonds is 3. The molecule has 0 aliphatic carbocycles. The molecular weight excluding hydrogens is 432 g/mol. The summed E-state index contributed by atoms with van der Waals surface area (Å²) in [4.78, 5) is 7.40. The third-order valence-electron chi connectivity index (χ3n) is 6.17. The molecule has 0 spiro atoms. The van der Waals surface area contributed by atoms with Gasteiger partial charge in [0.1, 0.15) is 11.6 Å². The molecule has 6 rings (SSSR count). The van der Waals surface area contributed by atoms with Gasteiger partial charge in [0.15, 0.2) is 5.82 Å². The highest BCUT2D eigenvalue weighted by Gasteiger charge is 2.38. The van der Waals surface area contributed by atoms with E-state index < -0.39 is 0 Å². The predicted octanol–water partition coefficient (Wildman–Crippen LogP) is 6.51. The molecule has 3 heterocycles. The minimum absolute atomic E-state index is 0.102. The first-order valence-electron chi connectivity index (χ1n) is 10.8. The Morgan fingerprint density at radius 1 is 0.939 bits per heavy atom. The summed E-state index contributed by atoms with van der Waals surface area (Å²) in [7, 11) is 1.70.